The third kappa shape index (κ3) is 3.58. The molecule has 3 nitrogen and oxygen atoms in total. The van der Waals surface area contributed by atoms with Crippen LogP contribution in [-0.4, -0.2) is 16.8 Å². The van der Waals surface area contributed by atoms with E-state index in [1.165, 1.54) is 11.1 Å². The Bertz CT molecular complexity index is 784. The zero-order valence-corrected chi connectivity index (χ0v) is 13.4. The molecule has 0 spiro atoms. The van der Waals surface area contributed by atoms with Gasteiger partial charge in [0.1, 0.15) is 18.1 Å². The Kier molecular flexibility index (Phi) is 4.82. The van der Waals surface area contributed by atoms with E-state index in [-0.39, 0.29) is 12.4 Å². The lowest BCUT2D eigenvalue weighted by atomic mass is 10.0. The molecule has 0 aliphatic carbocycles. The molecule has 1 heterocycles. The maximum atomic E-state index is 10.1. The zero-order chi connectivity index (χ0) is 16.9. The first kappa shape index (κ1) is 16.1. The van der Waals surface area contributed by atoms with Crippen LogP contribution >= 0.6 is 0 Å². The van der Waals surface area contributed by atoms with E-state index in [0.717, 1.165) is 12.0 Å². The number of allylic oxidation sites excluding steroid dienone is 2. The number of hydrogen-bond acceptors (Lipinski definition) is 3. The molecule has 0 atom stereocenters. The molecule has 2 N–H and O–H groups in total. The van der Waals surface area contributed by atoms with Crippen LogP contribution in [-0.2, 0) is 11.2 Å². The predicted molar refractivity (Wildman–Crippen MR) is 95.2 cm³/mol. The third-order valence-corrected chi connectivity index (χ3v) is 4.02. The van der Waals surface area contributed by atoms with Gasteiger partial charge in [0.15, 0.2) is 5.76 Å². The summed E-state index contributed by atoms with van der Waals surface area (Å²) in [6.07, 6.45) is 2.83. The van der Waals surface area contributed by atoms with Gasteiger partial charge in [0, 0.05) is 12.0 Å². The van der Waals surface area contributed by atoms with Crippen LogP contribution in [0.2, 0.25) is 0 Å². The molecule has 0 saturated carbocycles. The van der Waals surface area contributed by atoms with E-state index in [4.69, 9.17) is 4.74 Å². The van der Waals surface area contributed by atoms with Crippen LogP contribution in [0.5, 0.6) is 0 Å². The fourth-order valence-electron chi connectivity index (χ4n) is 2.68. The molecular weight excluding hydrogens is 300 g/mol. The van der Waals surface area contributed by atoms with Crippen LogP contribution < -0.4 is 0 Å². The second-order valence-electron chi connectivity index (χ2n) is 5.73. The van der Waals surface area contributed by atoms with Crippen molar-refractivity contribution in [1.29, 1.82) is 0 Å². The number of benzene rings is 2. The minimum atomic E-state index is -0.207. The van der Waals surface area contributed by atoms with E-state index in [0.29, 0.717) is 23.5 Å². The first-order chi connectivity index (χ1) is 11.7. The molecule has 2 aromatic carbocycles. The van der Waals surface area contributed by atoms with Gasteiger partial charge in [-0.05, 0) is 29.2 Å². The summed E-state index contributed by atoms with van der Waals surface area (Å²) in [7, 11) is 0. The Morgan fingerprint density at radius 3 is 2.21 bits per heavy atom. The maximum absolute atomic E-state index is 10.1. The molecule has 0 radical (unpaired) electrons. The molecule has 24 heavy (non-hydrogen) atoms. The van der Waals surface area contributed by atoms with Crippen LogP contribution in [0.4, 0.5) is 0 Å². The largest absolute Gasteiger partial charge is 0.504 e. The number of hydrogen-bond donors (Lipinski definition) is 2. The quantitative estimate of drug-likeness (QED) is 0.851. The minimum Gasteiger partial charge on any atom is -0.504 e. The topological polar surface area (TPSA) is 49.7 Å². The molecular formula is C21H20O3. The van der Waals surface area contributed by atoms with E-state index in [2.05, 4.69) is 43.0 Å². The highest BCUT2D eigenvalue weighted by Crippen LogP contribution is 2.27. The van der Waals surface area contributed by atoms with Crippen molar-refractivity contribution in [2.45, 2.75) is 12.8 Å². The highest BCUT2D eigenvalue weighted by molar-refractivity contribution is 5.63. The van der Waals surface area contributed by atoms with E-state index in [1.807, 2.05) is 18.2 Å². The molecule has 0 unspecified atom stereocenters. The Morgan fingerprint density at radius 2 is 1.54 bits per heavy atom. The summed E-state index contributed by atoms with van der Waals surface area (Å²) in [4.78, 5) is 0. The predicted octanol–water partition coefficient (Wildman–Crippen LogP) is 4.52. The number of ether oxygens (including phenoxy) is 1. The summed E-state index contributed by atoms with van der Waals surface area (Å²) >= 11 is 0. The van der Waals surface area contributed by atoms with Gasteiger partial charge in [0.25, 0.3) is 0 Å². The van der Waals surface area contributed by atoms with Gasteiger partial charge < -0.3 is 14.9 Å². The monoisotopic (exact) mass is 320 g/mol. The van der Waals surface area contributed by atoms with E-state index >= 15 is 0 Å². The molecule has 3 rings (SSSR count). The van der Waals surface area contributed by atoms with Gasteiger partial charge in [0.2, 0.25) is 0 Å². The standard InChI is InChI=1S/C21H20O3/c1-15-13-19(14-22)24-20(21(15)23)12-9-16-7-10-18(11-8-16)17-5-3-2-4-6-17/h2-8,10-11,13,22-23H,1,9,12,14H2. The van der Waals surface area contributed by atoms with Crippen LogP contribution in [0.1, 0.15) is 12.0 Å². The van der Waals surface area contributed by atoms with Crippen molar-refractivity contribution in [1.82, 2.24) is 0 Å². The average molecular weight is 320 g/mol. The lowest BCUT2D eigenvalue weighted by molar-refractivity contribution is 0.190. The second-order valence-corrected chi connectivity index (χ2v) is 5.73. The third-order valence-electron chi connectivity index (χ3n) is 4.02. The zero-order valence-electron chi connectivity index (χ0n) is 13.4. The second kappa shape index (κ2) is 7.20. The molecule has 2 aromatic rings. The van der Waals surface area contributed by atoms with Crippen LogP contribution in [0.3, 0.4) is 0 Å². The summed E-state index contributed by atoms with van der Waals surface area (Å²) in [6, 6.07) is 18.6. The highest BCUT2D eigenvalue weighted by Gasteiger charge is 2.17. The first-order valence-corrected chi connectivity index (χ1v) is 7.92. The van der Waals surface area contributed by atoms with Crippen molar-refractivity contribution in [3.63, 3.8) is 0 Å². The summed E-state index contributed by atoms with van der Waals surface area (Å²) in [5.74, 6) is 0.930. The van der Waals surface area contributed by atoms with E-state index < -0.39 is 0 Å². The molecule has 1 aliphatic heterocycles. The van der Waals surface area contributed by atoms with Crippen molar-refractivity contribution < 1.29 is 14.9 Å². The summed E-state index contributed by atoms with van der Waals surface area (Å²) in [6.45, 7) is 3.56. The van der Waals surface area contributed by atoms with Gasteiger partial charge in [-0.15, -0.1) is 0 Å². The van der Waals surface area contributed by atoms with Gasteiger partial charge in [0.05, 0.1) is 0 Å². The fraction of sp³-hybridized carbons (Fsp3) is 0.143. The number of aliphatic hydroxyl groups excluding tert-OH is 2. The molecule has 0 saturated heterocycles. The van der Waals surface area contributed by atoms with E-state index in [9.17, 15) is 10.2 Å². The fourth-order valence-corrected chi connectivity index (χ4v) is 2.68. The van der Waals surface area contributed by atoms with Gasteiger partial charge in [-0.2, -0.15) is 0 Å². The SMILES string of the molecule is C=C1C=C(CO)OC(CCc2ccc(-c3ccccc3)cc2)=C1O. The number of aryl methyl sites for hydroxylation is 1. The van der Waals surface area contributed by atoms with Gasteiger partial charge in [-0.25, -0.2) is 0 Å². The molecule has 0 aromatic heterocycles. The summed E-state index contributed by atoms with van der Waals surface area (Å²) in [5, 5.41) is 19.2. The lowest BCUT2D eigenvalue weighted by Crippen LogP contribution is -2.08. The Hall–Kier alpha value is -2.78. The van der Waals surface area contributed by atoms with Crippen molar-refractivity contribution >= 4 is 0 Å². The van der Waals surface area contributed by atoms with Crippen molar-refractivity contribution in [3.8, 4) is 11.1 Å². The highest BCUT2D eigenvalue weighted by atomic mass is 16.5. The molecule has 1 aliphatic rings. The van der Waals surface area contributed by atoms with Crippen molar-refractivity contribution in [2.75, 3.05) is 6.61 Å². The molecule has 0 fully saturated rings. The number of rotatable bonds is 5. The van der Waals surface area contributed by atoms with Crippen LogP contribution in [0.15, 0.2) is 90.1 Å². The van der Waals surface area contributed by atoms with Crippen LogP contribution in [0, 0.1) is 0 Å². The first-order valence-electron chi connectivity index (χ1n) is 7.92. The lowest BCUT2D eigenvalue weighted by Gasteiger charge is -2.19. The average Bonchev–Trinajstić information content (AvgIpc) is 2.64. The molecule has 3 heteroatoms. The van der Waals surface area contributed by atoms with Gasteiger partial charge in [-0.3, -0.25) is 0 Å². The van der Waals surface area contributed by atoms with E-state index in [1.54, 1.807) is 6.08 Å². The summed E-state index contributed by atoms with van der Waals surface area (Å²) in [5.41, 5.74) is 3.99. The maximum Gasteiger partial charge on any atom is 0.160 e. The van der Waals surface area contributed by atoms with Gasteiger partial charge in [-0.1, -0.05) is 61.2 Å². The minimum absolute atomic E-state index is 0.0631. The Balaban J connectivity index is 1.67. The molecule has 0 amide bonds. The van der Waals surface area contributed by atoms with Gasteiger partial charge >= 0.3 is 0 Å². The van der Waals surface area contributed by atoms with Crippen molar-refractivity contribution in [2.24, 2.45) is 0 Å². The molecule has 0 bridgehead atoms. The number of aliphatic hydroxyl groups is 2. The van der Waals surface area contributed by atoms with Crippen molar-refractivity contribution in [3.05, 3.63) is 95.7 Å². The Morgan fingerprint density at radius 1 is 0.875 bits per heavy atom. The normalized spacial score (nSPS) is 14.4. The summed E-state index contributed by atoms with van der Waals surface area (Å²) < 4.78 is 5.51. The van der Waals surface area contributed by atoms with Crippen LogP contribution in [0.25, 0.3) is 11.1 Å². The smallest absolute Gasteiger partial charge is 0.160 e. The molecule has 122 valence electrons. The Labute approximate surface area is 141 Å².